The first-order chi connectivity index (χ1) is 7.52. The molecule has 0 saturated heterocycles. The number of hydrogen-bond acceptors (Lipinski definition) is 3. The molecule has 2 amide bonds. The zero-order valence-corrected chi connectivity index (χ0v) is 11.0. The highest BCUT2D eigenvalue weighted by atomic mass is 35.5. The first kappa shape index (κ1) is 16.2. The minimum absolute atomic E-state index is 0. The van der Waals surface area contributed by atoms with Crippen molar-refractivity contribution in [3.8, 4) is 0 Å². The van der Waals surface area contributed by atoms with Crippen LogP contribution in [0.3, 0.4) is 0 Å². The molecule has 0 aromatic carbocycles. The predicted molar refractivity (Wildman–Crippen MR) is 68.7 cm³/mol. The Labute approximate surface area is 108 Å². The largest absolute Gasteiger partial charge is 0.368 e. The van der Waals surface area contributed by atoms with Crippen molar-refractivity contribution in [2.24, 2.45) is 11.5 Å². The van der Waals surface area contributed by atoms with E-state index in [1.54, 1.807) is 0 Å². The molecule has 0 heterocycles. The summed E-state index contributed by atoms with van der Waals surface area (Å²) in [5.74, 6) is -0.716. The third-order valence-corrected chi connectivity index (χ3v) is 3.32. The second-order valence-corrected chi connectivity index (χ2v) is 4.51. The fourth-order valence-electron chi connectivity index (χ4n) is 2.10. The topological polar surface area (TPSA) is 98.2 Å². The van der Waals surface area contributed by atoms with Crippen LogP contribution in [0.5, 0.6) is 0 Å². The summed E-state index contributed by atoms with van der Waals surface area (Å²) in [6.07, 6.45) is 4.75. The van der Waals surface area contributed by atoms with Crippen LogP contribution < -0.4 is 16.8 Å². The van der Waals surface area contributed by atoms with Gasteiger partial charge in [0.1, 0.15) is 5.54 Å². The average molecular weight is 264 g/mol. The number of hydrogen-bond donors (Lipinski definition) is 3. The number of nitrogens with one attached hydrogen (secondary N) is 1. The minimum atomic E-state index is -0.859. The molecule has 1 atom stereocenters. The third-order valence-electron chi connectivity index (χ3n) is 3.32. The van der Waals surface area contributed by atoms with Crippen molar-refractivity contribution in [1.29, 1.82) is 0 Å². The number of nitrogens with two attached hydrogens (primary N) is 2. The Bertz CT molecular complexity index is 278. The van der Waals surface area contributed by atoms with Crippen molar-refractivity contribution < 1.29 is 9.59 Å². The number of carbonyl (C=O) groups is 2. The monoisotopic (exact) mass is 263 g/mol. The first-order valence-corrected chi connectivity index (χ1v) is 5.89. The molecule has 17 heavy (non-hydrogen) atoms. The number of carbonyl (C=O) groups excluding carboxylic acids is 2. The first-order valence-electron chi connectivity index (χ1n) is 5.89. The Hall–Kier alpha value is -0.810. The van der Waals surface area contributed by atoms with E-state index in [1.165, 1.54) is 0 Å². The lowest BCUT2D eigenvalue weighted by Gasteiger charge is -2.35. The number of amides is 2. The van der Waals surface area contributed by atoms with Gasteiger partial charge in [-0.25, -0.2) is 0 Å². The molecule has 1 aliphatic carbocycles. The molecule has 1 rings (SSSR count). The van der Waals surface area contributed by atoms with E-state index in [0.29, 0.717) is 19.3 Å². The van der Waals surface area contributed by atoms with E-state index in [4.69, 9.17) is 11.5 Å². The van der Waals surface area contributed by atoms with E-state index in [2.05, 4.69) is 5.32 Å². The summed E-state index contributed by atoms with van der Waals surface area (Å²) in [5.41, 5.74) is 10.2. The Kier molecular flexibility index (Phi) is 6.49. The normalized spacial score (nSPS) is 19.9. The molecule has 0 bridgehead atoms. The van der Waals surface area contributed by atoms with Gasteiger partial charge < -0.3 is 16.8 Å². The second kappa shape index (κ2) is 6.81. The van der Waals surface area contributed by atoms with Gasteiger partial charge in [-0.3, -0.25) is 9.59 Å². The van der Waals surface area contributed by atoms with Crippen molar-refractivity contribution in [2.45, 2.75) is 57.0 Å². The number of primary amides is 1. The lowest BCUT2D eigenvalue weighted by molar-refractivity contribution is -0.133. The van der Waals surface area contributed by atoms with Crippen LogP contribution in [0.4, 0.5) is 0 Å². The summed E-state index contributed by atoms with van der Waals surface area (Å²) in [6.45, 7) is 1.84. The van der Waals surface area contributed by atoms with Crippen LogP contribution in [0.25, 0.3) is 0 Å². The van der Waals surface area contributed by atoms with Gasteiger partial charge in [-0.15, -0.1) is 12.4 Å². The van der Waals surface area contributed by atoms with Crippen LogP contribution in [-0.2, 0) is 9.59 Å². The molecule has 0 aromatic rings. The van der Waals surface area contributed by atoms with Crippen molar-refractivity contribution in [2.75, 3.05) is 0 Å². The summed E-state index contributed by atoms with van der Waals surface area (Å²) in [6, 6.07) is -0.557. The maximum absolute atomic E-state index is 11.7. The van der Waals surface area contributed by atoms with Crippen molar-refractivity contribution >= 4 is 24.2 Å². The second-order valence-electron chi connectivity index (χ2n) is 4.51. The number of rotatable bonds is 4. The van der Waals surface area contributed by atoms with Crippen molar-refractivity contribution in [1.82, 2.24) is 5.32 Å². The smallest absolute Gasteiger partial charge is 0.243 e. The van der Waals surface area contributed by atoms with Crippen LogP contribution in [-0.4, -0.2) is 23.4 Å². The summed E-state index contributed by atoms with van der Waals surface area (Å²) in [5, 5.41) is 2.74. The van der Waals surface area contributed by atoms with Gasteiger partial charge in [0.05, 0.1) is 6.04 Å². The Morgan fingerprint density at radius 1 is 1.29 bits per heavy atom. The van der Waals surface area contributed by atoms with Gasteiger partial charge in [0.25, 0.3) is 0 Å². The SMILES string of the molecule is CC[C@H](N)C(=O)NC1(C(N)=O)CCCCC1.Cl. The summed E-state index contributed by atoms with van der Waals surface area (Å²) in [7, 11) is 0. The van der Waals surface area contributed by atoms with Gasteiger partial charge in [0, 0.05) is 0 Å². The lowest BCUT2D eigenvalue weighted by atomic mass is 9.81. The molecule has 5 nitrogen and oxygen atoms in total. The van der Waals surface area contributed by atoms with Gasteiger partial charge in [-0.05, 0) is 19.3 Å². The maximum atomic E-state index is 11.7. The summed E-state index contributed by atoms with van der Waals surface area (Å²) < 4.78 is 0. The van der Waals surface area contributed by atoms with Crippen LogP contribution in [0, 0.1) is 0 Å². The highest BCUT2D eigenvalue weighted by Gasteiger charge is 2.39. The van der Waals surface area contributed by atoms with Gasteiger partial charge in [0.15, 0.2) is 0 Å². The van der Waals surface area contributed by atoms with Crippen molar-refractivity contribution in [3.63, 3.8) is 0 Å². The molecule has 5 N–H and O–H groups in total. The Balaban J connectivity index is 0.00000256. The summed E-state index contributed by atoms with van der Waals surface area (Å²) in [4.78, 5) is 23.2. The van der Waals surface area contributed by atoms with E-state index in [-0.39, 0.29) is 18.3 Å². The van der Waals surface area contributed by atoms with E-state index >= 15 is 0 Å². The van der Waals surface area contributed by atoms with Gasteiger partial charge in [-0.2, -0.15) is 0 Å². The fourth-order valence-corrected chi connectivity index (χ4v) is 2.10. The highest BCUT2D eigenvalue weighted by Crippen LogP contribution is 2.28. The van der Waals surface area contributed by atoms with Gasteiger partial charge in [0.2, 0.25) is 11.8 Å². The summed E-state index contributed by atoms with van der Waals surface area (Å²) >= 11 is 0. The Morgan fingerprint density at radius 3 is 2.24 bits per heavy atom. The predicted octanol–water partition coefficient (Wildman–Crippen LogP) is 0.450. The van der Waals surface area contributed by atoms with Gasteiger partial charge >= 0.3 is 0 Å². The zero-order chi connectivity index (χ0) is 12.2. The van der Waals surface area contributed by atoms with E-state index in [1.807, 2.05) is 6.92 Å². The fraction of sp³-hybridized carbons (Fsp3) is 0.818. The van der Waals surface area contributed by atoms with Crippen LogP contribution in [0.15, 0.2) is 0 Å². The zero-order valence-electron chi connectivity index (χ0n) is 10.2. The van der Waals surface area contributed by atoms with Gasteiger partial charge in [-0.1, -0.05) is 26.2 Å². The number of halogens is 1. The Morgan fingerprint density at radius 2 is 1.82 bits per heavy atom. The van der Waals surface area contributed by atoms with Crippen LogP contribution in [0.1, 0.15) is 45.4 Å². The molecule has 100 valence electrons. The minimum Gasteiger partial charge on any atom is -0.368 e. The quantitative estimate of drug-likeness (QED) is 0.687. The van der Waals surface area contributed by atoms with Crippen LogP contribution in [0.2, 0.25) is 0 Å². The molecule has 1 saturated carbocycles. The molecule has 6 heteroatoms. The molecule has 0 aliphatic heterocycles. The third kappa shape index (κ3) is 3.85. The molecule has 0 radical (unpaired) electrons. The standard InChI is InChI=1S/C11H21N3O2.ClH/c1-2-8(12)9(15)14-11(10(13)16)6-4-3-5-7-11;/h8H,2-7,12H2,1H3,(H2,13,16)(H,14,15);1H/t8-;/m0./s1. The van der Waals surface area contributed by atoms with Crippen LogP contribution >= 0.6 is 12.4 Å². The van der Waals surface area contributed by atoms with E-state index < -0.39 is 17.5 Å². The molecular formula is C11H22ClN3O2. The molecule has 0 spiro atoms. The van der Waals surface area contributed by atoms with Crippen molar-refractivity contribution in [3.05, 3.63) is 0 Å². The van der Waals surface area contributed by atoms with E-state index in [0.717, 1.165) is 19.3 Å². The highest BCUT2D eigenvalue weighted by molar-refractivity contribution is 5.92. The molecule has 1 fully saturated rings. The van der Waals surface area contributed by atoms with E-state index in [9.17, 15) is 9.59 Å². The maximum Gasteiger partial charge on any atom is 0.243 e. The average Bonchev–Trinajstić information content (AvgIpc) is 2.28. The molecular weight excluding hydrogens is 242 g/mol. The molecule has 0 aromatic heterocycles. The lowest BCUT2D eigenvalue weighted by Crippen LogP contribution is -2.61. The molecule has 1 aliphatic rings. The molecule has 0 unspecified atom stereocenters.